The highest BCUT2D eigenvalue weighted by molar-refractivity contribution is 5.79. The third kappa shape index (κ3) is 5.21. The molecule has 0 atom stereocenters. The minimum Gasteiger partial charge on any atom is -0.494 e. The van der Waals surface area contributed by atoms with Crippen LogP contribution < -0.4 is 10.5 Å². The van der Waals surface area contributed by atoms with Gasteiger partial charge in [0.15, 0.2) is 0 Å². The standard InChI is InChI=1S/C12H18N2O3/c13-12(14-16)3-1-2-8-17-11-6-4-10(9-15)5-7-11/h4-7,15-16H,1-3,8-9H2,(H2,13,14). The van der Waals surface area contributed by atoms with Gasteiger partial charge in [0.05, 0.1) is 13.2 Å². The molecule has 0 bridgehead atoms. The van der Waals surface area contributed by atoms with Gasteiger partial charge in [0.2, 0.25) is 0 Å². The SMILES string of the molecule is NC(CCCCOc1ccc(CO)cc1)=NO. The summed E-state index contributed by atoms with van der Waals surface area (Å²) in [4.78, 5) is 0. The average Bonchev–Trinajstić information content (AvgIpc) is 2.38. The number of aliphatic hydroxyl groups excluding tert-OH is 1. The van der Waals surface area contributed by atoms with Gasteiger partial charge in [0.1, 0.15) is 11.6 Å². The molecule has 17 heavy (non-hydrogen) atoms. The van der Waals surface area contributed by atoms with Crippen molar-refractivity contribution in [2.45, 2.75) is 25.9 Å². The smallest absolute Gasteiger partial charge is 0.139 e. The van der Waals surface area contributed by atoms with Crippen molar-refractivity contribution in [1.82, 2.24) is 0 Å². The molecular weight excluding hydrogens is 220 g/mol. The summed E-state index contributed by atoms with van der Waals surface area (Å²) in [5, 5.41) is 20.1. The number of oxime groups is 1. The number of rotatable bonds is 7. The fraction of sp³-hybridized carbons (Fsp3) is 0.417. The van der Waals surface area contributed by atoms with E-state index in [0.717, 1.165) is 24.2 Å². The molecule has 0 fully saturated rings. The lowest BCUT2D eigenvalue weighted by molar-refractivity contribution is 0.281. The second-order valence-corrected chi connectivity index (χ2v) is 3.70. The normalized spacial score (nSPS) is 11.5. The molecule has 94 valence electrons. The Labute approximate surface area is 101 Å². The maximum absolute atomic E-state index is 8.87. The molecular formula is C12H18N2O3. The molecule has 0 saturated carbocycles. The molecule has 1 aromatic rings. The molecule has 0 radical (unpaired) electrons. The molecule has 5 heteroatoms. The molecule has 0 saturated heterocycles. The van der Waals surface area contributed by atoms with Crippen molar-refractivity contribution in [2.75, 3.05) is 6.61 Å². The Morgan fingerprint density at radius 2 is 1.94 bits per heavy atom. The topological polar surface area (TPSA) is 88.1 Å². The first-order valence-electron chi connectivity index (χ1n) is 5.55. The minimum atomic E-state index is 0.0417. The Morgan fingerprint density at radius 3 is 2.53 bits per heavy atom. The number of aliphatic hydroxyl groups is 1. The second kappa shape index (κ2) is 7.51. The quantitative estimate of drug-likeness (QED) is 0.221. The van der Waals surface area contributed by atoms with E-state index in [1.54, 1.807) is 0 Å². The maximum Gasteiger partial charge on any atom is 0.139 e. The first-order valence-corrected chi connectivity index (χ1v) is 5.55. The third-order valence-corrected chi connectivity index (χ3v) is 2.33. The Hall–Kier alpha value is -1.75. The Morgan fingerprint density at radius 1 is 1.24 bits per heavy atom. The molecule has 5 nitrogen and oxygen atoms in total. The highest BCUT2D eigenvalue weighted by Crippen LogP contribution is 2.12. The van der Waals surface area contributed by atoms with E-state index < -0.39 is 0 Å². The van der Waals surface area contributed by atoms with Gasteiger partial charge in [0.25, 0.3) is 0 Å². The van der Waals surface area contributed by atoms with Crippen molar-refractivity contribution in [2.24, 2.45) is 10.9 Å². The lowest BCUT2D eigenvalue weighted by atomic mass is 10.2. The largest absolute Gasteiger partial charge is 0.494 e. The molecule has 0 heterocycles. The van der Waals surface area contributed by atoms with Crippen LogP contribution in [0.25, 0.3) is 0 Å². The van der Waals surface area contributed by atoms with Crippen LogP contribution in [0.3, 0.4) is 0 Å². The summed E-state index contributed by atoms with van der Waals surface area (Å²) in [5.74, 6) is 1.03. The zero-order valence-electron chi connectivity index (χ0n) is 9.67. The van der Waals surface area contributed by atoms with Crippen LogP contribution in [-0.2, 0) is 6.61 Å². The Bertz CT molecular complexity index is 349. The van der Waals surface area contributed by atoms with Crippen molar-refractivity contribution >= 4 is 5.84 Å². The molecule has 0 aliphatic rings. The maximum atomic E-state index is 8.87. The summed E-state index contributed by atoms with van der Waals surface area (Å²) in [5.41, 5.74) is 6.20. The van der Waals surface area contributed by atoms with Crippen molar-refractivity contribution in [3.8, 4) is 5.75 Å². The van der Waals surface area contributed by atoms with Gasteiger partial charge in [-0.25, -0.2) is 0 Å². The molecule has 1 rings (SSSR count). The summed E-state index contributed by atoms with van der Waals surface area (Å²) in [7, 11) is 0. The lowest BCUT2D eigenvalue weighted by Crippen LogP contribution is -2.11. The van der Waals surface area contributed by atoms with Gasteiger partial charge in [-0.05, 0) is 30.5 Å². The van der Waals surface area contributed by atoms with Gasteiger partial charge in [-0.15, -0.1) is 0 Å². The van der Waals surface area contributed by atoms with E-state index in [4.69, 9.17) is 20.8 Å². The average molecular weight is 238 g/mol. The molecule has 0 aromatic heterocycles. The summed E-state index contributed by atoms with van der Waals surface area (Å²) in [6.07, 6.45) is 2.24. The van der Waals surface area contributed by atoms with Crippen LogP contribution in [0.5, 0.6) is 5.75 Å². The number of nitrogens with zero attached hydrogens (tertiary/aromatic N) is 1. The van der Waals surface area contributed by atoms with Gasteiger partial charge < -0.3 is 20.8 Å². The van der Waals surface area contributed by atoms with Gasteiger partial charge in [-0.3, -0.25) is 0 Å². The summed E-state index contributed by atoms with van der Waals surface area (Å²) in [6.45, 7) is 0.636. The fourth-order valence-electron chi connectivity index (χ4n) is 1.34. The van der Waals surface area contributed by atoms with Crippen molar-refractivity contribution < 1.29 is 15.1 Å². The third-order valence-electron chi connectivity index (χ3n) is 2.33. The van der Waals surface area contributed by atoms with Crippen LogP contribution >= 0.6 is 0 Å². The van der Waals surface area contributed by atoms with Gasteiger partial charge in [-0.1, -0.05) is 17.3 Å². The first kappa shape index (κ1) is 13.3. The van der Waals surface area contributed by atoms with E-state index in [1.165, 1.54) is 0 Å². The predicted octanol–water partition coefficient (Wildman–Crippen LogP) is 1.47. The fourth-order valence-corrected chi connectivity index (χ4v) is 1.34. The monoisotopic (exact) mass is 238 g/mol. The van der Waals surface area contributed by atoms with Crippen LogP contribution in [0.1, 0.15) is 24.8 Å². The predicted molar refractivity (Wildman–Crippen MR) is 65.1 cm³/mol. The van der Waals surface area contributed by atoms with Gasteiger partial charge in [0, 0.05) is 6.42 Å². The molecule has 0 aliphatic carbocycles. The zero-order valence-corrected chi connectivity index (χ0v) is 9.67. The van der Waals surface area contributed by atoms with Gasteiger partial charge >= 0.3 is 0 Å². The van der Waals surface area contributed by atoms with E-state index >= 15 is 0 Å². The van der Waals surface area contributed by atoms with Crippen LogP contribution in [0.2, 0.25) is 0 Å². The zero-order chi connectivity index (χ0) is 12.5. The van der Waals surface area contributed by atoms with E-state index in [2.05, 4.69) is 5.16 Å². The number of ether oxygens (including phenoxy) is 1. The van der Waals surface area contributed by atoms with Crippen LogP contribution in [-0.4, -0.2) is 22.8 Å². The molecule has 0 unspecified atom stereocenters. The highest BCUT2D eigenvalue weighted by atomic mass is 16.5. The number of unbranched alkanes of at least 4 members (excludes halogenated alkanes) is 1. The molecule has 4 N–H and O–H groups in total. The molecule has 0 spiro atoms. The number of nitrogens with two attached hydrogens (primary N) is 1. The minimum absolute atomic E-state index is 0.0417. The first-order chi connectivity index (χ1) is 8.26. The van der Waals surface area contributed by atoms with Crippen LogP contribution in [0.15, 0.2) is 29.4 Å². The Balaban J connectivity index is 2.17. The van der Waals surface area contributed by atoms with Crippen LogP contribution in [0, 0.1) is 0 Å². The number of benzene rings is 1. The van der Waals surface area contributed by atoms with Crippen molar-refractivity contribution in [3.05, 3.63) is 29.8 Å². The van der Waals surface area contributed by atoms with Crippen LogP contribution in [0.4, 0.5) is 0 Å². The second-order valence-electron chi connectivity index (χ2n) is 3.70. The number of amidine groups is 1. The van der Waals surface area contributed by atoms with E-state index in [1.807, 2.05) is 24.3 Å². The summed E-state index contributed by atoms with van der Waals surface area (Å²) >= 11 is 0. The van der Waals surface area contributed by atoms with Crippen molar-refractivity contribution in [1.29, 1.82) is 0 Å². The lowest BCUT2D eigenvalue weighted by Gasteiger charge is -2.06. The van der Waals surface area contributed by atoms with Crippen molar-refractivity contribution in [3.63, 3.8) is 0 Å². The van der Waals surface area contributed by atoms with E-state index in [-0.39, 0.29) is 12.4 Å². The number of hydrogen-bond acceptors (Lipinski definition) is 4. The summed E-state index contributed by atoms with van der Waals surface area (Å²) < 4.78 is 5.50. The highest BCUT2D eigenvalue weighted by Gasteiger charge is 1.96. The van der Waals surface area contributed by atoms with E-state index in [0.29, 0.717) is 13.0 Å². The van der Waals surface area contributed by atoms with Gasteiger partial charge in [-0.2, -0.15) is 0 Å². The molecule has 0 amide bonds. The number of hydrogen-bond donors (Lipinski definition) is 3. The molecule has 1 aromatic carbocycles. The Kier molecular flexibility index (Phi) is 5.88. The summed E-state index contributed by atoms with van der Waals surface area (Å²) in [6, 6.07) is 7.31. The molecule has 0 aliphatic heterocycles. The van der Waals surface area contributed by atoms with E-state index in [9.17, 15) is 0 Å².